The fourth-order valence-electron chi connectivity index (χ4n) is 6.47. The maximum Gasteiger partial charge on any atom is 0.573 e. The van der Waals surface area contributed by atoms with Crippen molar-refractivity contribution in [2.24, 2.45) is 0 Å². The van der Waals surface area contributed by atoms with E-state index < -0.39 is 6.36 Å². The molecule has 6 aromatic rings. The summed E-state index contributed by atoms with van der Waals surface area (Å²) in [4.78, 5) is 38.5. The second-order valence-corrected chi connectivity index (χ2v) is 17.3. The van der Waals surface area contributed by atoms with Crippen molar-refractivity contribution in [3.63, 3.8) is 0 Å². The minimum absolute atomic E-state index is 0.0280. The van der Waals surface area contributed by atoms with Gasteiger partial charge in [0.2, 0.25) is 0 Å². The molecule has 0 unspecified atom stereocenters. The highest BCUT2D eigenvalue weighted by molar-refractivity contribution is 7.13. The van der Waals surface area contributed by atoms with Gasteiger partial charge >= 0.3 is 18.4 Å². The van der Waals surface area contributed by atoms with Crippen LogP contribution in [0, 0.1) is 6.92 Å². The van der Waals surface area contributed by atoms with E-state index in [2.05, 4.69) is 52.2 Å². The van der Waals surface area contributed by atoms with Gasteiger partial charge in [-0.1, -0.05) is 69.3 Å². The molecule has 2 heterocycles. The molecule has 0 spiro atoms. The summed E-state index contributed by atoms with van der Waals surface area (Å²) in [6.45, 7) is 17.1. The van der Waals surface area contributed by atoms with Gasteiger partial charge in [0.15, 0.2) is 0 Å². The number of aryl methyl sites for hydroxylation is 1. The van der Waals surface area contributed by atoms with Crippen LogP contribution in [0.1, 0.15) is 70.9 Å². The molecule has 332 valence electrons. The molecule has 2 N–H and O–H groups in total. The predicted molar refractivity (Wildman–Crippen MR) is 246 cm³/mol. The molecule has 0 aliphatic carbocycles. The average molecular weight is 881 g/mol. The topological polar surface area (TPSA) is 109 Å². The molecule has 0 radical (unpaired) electrons. The van der Waals surface area contributed by atoms with Crippen LogP contribution in [0.5, 0.6) is 11.5 Å². The summed E-state index contributed by atoms with van der Waals surface area (Å²) in [6, 6.07) is 32.2. The smallest absolute Gasteiger partial charge is 0.495 e. The molecule has 2 aromatic heterocycles. The maximum atomic E-state index is 13.3. The summed E-state index contributed by atoms with van der Waals surface area (Å²) in [7, 11) is 1.62. The fraction of sp³-hybridized carbons (Fsp3) is 0.306. The Kier molecular flexibility index (Phi) is 16.0. The minimum Gasteiger partial charge on any atom is -0.495 e. The number of alkyl halides is 3. The number of hydrogen-bond acceptors (Lipinski definition) is 7. The van der Waals surface area contributed by atoms with Crippen LogP contribution in [-0.2, 0) is 18.5 Å². The summed E-state index contributed by atoms with van der Waals surface area (Å²) in [5, 5.41) is 8.74. The third-order valence-corrected chi connectivity index (χ3v) is 10.7. The number of ether oxygens (including phenoxy) is 2. The first kappa shape index (κ1) is 47.6. The Morgan fingerprint density at radius 1 is 0.746 bits per heavy atom. The Balaban J connectivity index is 0.000000238. The highest BCUT2D eigenvalue weighted by Gasteiger charge is 2.31. The van der Waals surface area contributed by atoms with E-state index in [0.29, 0.717) is 30.2 Å². The Morgan fingerprint density at radius 3 is 1.87 bits per heavy atom. The number of carbonyl (C=O) groups is 2. The number of halogens is 3. The van der Waals surface area contributed by atoms with Crippen molar-refractivity contribution in [3.05, 3.63) is 143 Å². The number of nitrogens with one attached hydrogen (secondary N) is 2. The Labute approximate surface area is 372 Å². The minimum atomic E-state index is -4.76. The van der Waals surface area contributed by atoms with Gasteiger partial charge in [0, 0.05) is 59.3 Å². The third kappa shape index (κ3) is 14.1. The molecule has 4 amide bonds. The van der Waals surface area contributed by atoms with Crippen molar-refractivity contribution >= 4 is 34.8 Å². The van der Waals surface area contributed by atoms with Crippen LogP contribution in [0.25, 0.3) is 21.8 Å². The van der Waals surface area contributed by atoms with E-state index >= 15 is 0 Å². The monoisotopic (exact) mass is 880 g/mol. The first-order valence-electron chi connectivity index (χ1n) is 20.5. The standard InChI is InChI=1S/C25H31N3O2S.C24H24F3N3O2/c1-17(2)28(16-18-8-7-9-19(14-18)23-26-12-13-31-23)24(29)27-21-15-20(25(3,4)5)10-11-22(21)30-6;1-16(2)30(23(31)29-20-10-12-21(13-11-20)32-24(25,26)27)15-18-7-5-8-19(14-18)22-9-4-6-17(3)28-22/h7-15,17H,16H2,1-6H3,(H,27,29);4-14,16H,15H2,1-3H3,(H,29,31). The van der Waals surface area contributed by atoms with E-state index in [1.54, 1.807) is 29.5 Å². The third-order valence-electron chi connectivity index (χ3n) is 9.84. The van der Waals surface area contributed by atoms with Crippen LogP contribution in [0.2, 0.25) is 0 Å². The number of urea groups is 2. The molecule has 0 atom stereocenters. The van der Waals surface area contributed by atoms with Crippen molar-refractivity contribution < 1.29 is 32.2 Å². The number of hydrogen-bond donors (Lipinski definition) is 2. The molecule has 4 aromatic carbocycles. The second-order valence-electron chi connectivity index (χ2n) is 16.4. The van der Waals surface area contributed by atoms with Crippen LogP contribution < -0.4 is 20.1 Å². The van der Waals surface area contributed by atoms with Gasteiger partial charge in [-0.05, 0) is 117 Å². The van der Waals surface area contributed by atoms with Crippen LogP contribution >= 0.6 is 11.3 Å². The molecule has 0 aliphatic rings. The zero-order chi connectivity index (χ0) is 45.9. The van der Waals surface area contributed by atoms with E-state index in [1.807, 2.05) is 124 Å². The van der Waals surface area contributed by atoms with Gasteiger partial charge in [0.1, 0.15) is 16.5 Å². The number of carbonyl (C=O) groups excluding carboxylic acids is 2. The lowest BCUT2D eigenvalue weighted by Crippen LogP contribution is -2.39. The summed E-state index contributed by atoms with van der Waals surface area (Å²) >= 11 is 1.61. The van der Waals surface area contributed by atoms with Gasteiger partial charge in [0.05, 0.1) is 18.5 Å². The molecular weight excluding hydrogens is 826 g/mol. The number of anilines is 2. The largest absolute Gasteiger partial charge is 0.573 e. The van der Waals surface area contributed by atoms with Crippen LogP contribution in [0.15, 0.2) is 121 Å². The molecule has 63 heavy (non-hydrogen) atoms. The summed E-state index contributed by atoms with van der Waals surface area (Å²) in [6.07, 6.45) is -2.96. The van der Waals surface area contributed by atoms with Crippen LogP contribution in [-0.4, -0.2) is 57.4 Å². The van der Waals surface area contributed by atoms with Gasteiger partial charge in [-0.2, -0.15) is 0 Å². The lowest BCUT2D eigenvalue weighted by molar-refractivity contribution is -0.274. The predicted octanol–water partition coefficient (Wildman–Crippen LogP) is 13.0. The van der Waals surface area contributed by atoms with Crippen molar-refractivity contribution in [2.45, 2.75) is 92.3 Å². The van der Waals surface area contributed by atoms with E-state index in [0.717, 1.165) is 56.3 Å². The van der Waals surface area contributed by atoms with E-state index in [9.17, 15) is 22.8 Å². The molecule has 0 bridgehead atoms. The lowest BCUT2D eigenvalue weighted by atomic mass is 9.87. The number of pyridine rings is 1. The first-order valence-corrected chi connectivity index (χ1v) is 21.4. The normalized spacial score (nSPS) is 11.4. The van der Waals surface area contributed by atoms with Crippen molar-refractivity contribution in [3.8, 4) is 33.3 Å². The number of rotatable bonds is 12. The highest BCUT2D eigenvalue weighted by atomic mass is 32.1. The summed E-state index contributed by atoms with van der Waals surface area (Å²) < 4.78 is 46.3. The second kappa shape index (κ2) is 21.1. The van der Waals surface area contributed by atoms with Gasteiger partial charge in [0.25, 0.3) is 0 Å². The van der Waals surface area contributed by atoms with Gasteiger partial charge in [-0.3, -0.25) is 4.98 Å². The van der Waals surface area contributed by atoms with Gasteiger partial charge in [-0.25, -0.2) is 14.6 Å². The summed E-state index contributed by atoms with van der Waals surface area (Å²) in [5.74, 6) is 0.300. The zero-order valence-corrected chi connectivity index (χ0v) is 37.9. The summed E-state index contributed by atoms with van der Waals surface area (Å²) in [5.41, 5.74) is 7.95. The van der Waals surface area contributed by atoms with Crippen molar-refractivity contribution in [1.29, 1.82) is 0 Å². The number of amides is 4. The lowest BCUT2D eigenvalue weighted by Gasteiger charge is -2.28. The number of aromatic nitrogens is 2. The highest BCUT2D eigenvalue weighted by Crippen LogP contribution is 2.32. The Morgan fingerprint density at radius 2 is 1.33 bits per heavy atom. The number of benzene rings is 4. The molecule has 0 aliphatic heterocycles. The molecule has 0 saturated carbocycles. The zero-order valence-electron chi connectivity index (χ0n) is 37.1. The average Bonchev–Trinajstić information content (AvgIpc) is 3.78. The van der Waals surface area contributed by atoms with Crippen LogP contribution in [0.4, 0.5) is 34.1 Å². The molecule has 10 nitrogen and oxygen atoms in total. The van der Waals surface area contributed by atoms with E-state index in [1.165, 1.54) is 12.1 Å². The Bertz CT molecular complexity index is 2430. The fourth-order valence-corrected chi connectivity index (χ4v) is 7.10. The van der Waals surface area contributed by atoms with Crippen molar-refractivity contribution in [2.75, 3.05) is 17.7 Å². The van der Waals surface area contributed by atoms with Gasteiger partial charge in [-0.15, -0.1) is 24.5 Å². The Hall–Kier alpha value is -6.41. The van der Waals surface area contributed by atoms with E-state index in [-0.39, 0.29) is 35.3 Å². The number of nitrogens with zero attached hydrogens (tertiary/aromatic N) is 4. The van der Waals surface area contributed by atoms with Gasteiger partial charge < -0.3 is 29.9 Å². The quantitative estimate of drug-likeness (QED) is 0.127. The molecule has 0 saturated heterocycles. The molecule has 0 fully saturated rings. The number of methoxy groups -OCH3 is 1. The SMILES string of the molecule is COc1ccc(C(C)(C)C)cc1NC(=O)N(Cc1cccc(-c2nccs2)c1)C(C)C.Cc1cccc(-c2cccc(CN(C(=O)Nc3ccc(OC(F)(F)F)cc3)C(C)C)c2)n1. The molecule has 6 rings (SSSR count). The number of thiazole rings is 1. The van der Waals surface area contributed by atoms with E-state index in [4.69, 9.17) is 4.74 Å². The molecule has 14 heteroatoms. The maximum absolute atomic E-state index is 13.3. The van der Waals surface area contributed by atoms with Crippen molar-refractivity contribution in [1.82, 2.24) is 19.8 Å². The molecular formula is C49H55F3N6O4S. The first-order chi connectivity index (χ1) is 29.8. The van der Waals surface area contributed by atoms with Crippen LogP contribution in [0.3, 0.4) is 0 Å².